The van der Waals surface area contributed by atoms with E-state index in [0.29, 0.717) is 31.6 Å². The van der Waals surface area contributed by atoms with E-state index in [1.807, 2.05) is 0 Å². The highest BCUT2D eigenvalue weighted by molar-refractivity contribution is 5.96. The van der Waals surface area contributed by atoms with Crippen molar-refractivity contribution in [1.29, 1.82) is 0 Å². The van der Waals surface area contributed by atoms with Crippen molar-refractivity contribution in [3.05, 3.63) is 29.8 Å². The molecule has 0 spiro atoms. The normalized spacial score (nSPS) is 13.6. The van der Waals surface area contributed by atoms with Crippen molar-refractivity contribution in [2.45, 2.75) is 38.5 Å². The Morgan fingerprint density at radius 1 is 1.08 bits per heavy atom. The molecule has 0 bridgehead atoms. The van der Waals surface area contributed by atoms with Gasteiger partial charge in [0.25, 0.3) is 5.91 Å². The highest BCUT2D eigenvalue weighted by atomic mass is 16.4. The molecule has 1 aliphatic rings. The Morgan fingerprint density at radius 3 is 2.40 bits per heavy atom. The van der Waals surface area contributed by atoms with Crippen molar-refractivity contribution in [3.8, 4) is 0 Å². The molecular weight excluding hydrogens is 322 g/mol. The van der Waals surface area contributed by atoms with Gasteiger partial charge in [-0.15, -0.1) is 0 Å². The van der Waals surface area contributed by atoms with Gasteiger partial charge in [0.15, 0.2) is 0 Å². The number of rotatable bonds is 10. The minimum Gasteiger partial charge on any atom is -0.481 e. The fourth-order valence-electron chi connectivity index (χ4n) is 2.75. The number of benzene rings is 1. The minimum absolute atomic E-state index is 0.111. The van der Waals surface area contributed by atoms with Crippen LogP contribution in [-0.2, 0) is 4.79 Å². The van der Waals surface area contributed by atoms with E-state index in [1.165, 1.54) is 0 Å². The Kier molecular flexibility index (Phi) is 7.25. The van der Waals surface area contributed by atoms with Crippen LogP contribution in [-0.4, -0.2) is 42.6 Å². The van der Waals surface area contributed by atoms with E-state index < -0.39 is 5.97 Å². The molecule has 0 radical (unpaired) electrons. The first-order valence-electron chi connectivity index (χ1n) is 8.73. The monoisotopic (exact) mass is 347 g/mol. The van der Waals surface area contributed by atoms with Crippen molar-refractivity contribution in [3.63, 3.8) is 0 Å². The van der Waals surface area contributed by atoms with Crippen LogP contribution < -0.4 is 15.5 Å². The predicted molar refractivity (Wildman–Crippen MR) is 94.9 cm³/mol. The molecule has 136 valence electrons. The maximum absolute atomic E-state index is 12.1. The third kappa shape index (κ3) is 6.10. The summed E-state index contributed by atoms with van der Waals surface area (Å²) < 4.78 is 0. The van der Waals surface area contributed by atoms with Crippen LogP contribution in [0, 0.1) is 0 Å². The van der Waals surface area contributed by atoms with Gasteiger partial charge in [-0.1, -0.05) is 19.3 Å². The Bertz CT molecular complexity index is 601. The summed E-state index contributed by atoms with van der Waals surface area (Å²) >= 11 is 0. The van der Waals surface area contributed by atoms with Gasteiger partial charge < -0.3 is 15.7 Å². The van der Waals surface area contributed by atoms with Gasteiger partial charge in [0.2, 0.25) is 0 Å². The summed E-state index contributed by atoms with van der Waals surface area (Å²) in [7, 11) is 0. The lowest BCUT2D eigenvalue weighted by molar-refractivity contribution is -0.137. The fourth-order valence-corrected chi connectivity index (χ4v) is 2.75. The lowest BCUT2D eigenvalue weighted by Gasteiger charge is -2.14. The number of urea groups is 1. The number of carbonyl (C=O) groups is 3. The molecule has 0 aromatic heterocycles. The van der Waals surface area contributed by atoms with Gasteiger partial charge in [-0.2, -0.15) is 0 Å². The topological polar surface area (TPSA) is 98.7 Å². The maximum atomic E-state index is 12.1. The fraction of sp³-hybridized carbons (Fsp3) is 0.500. The maximum Gasteiger partial charge on any atom is 0.321 e. The molecule has 0 saturated carbocycles. The first kappa shape index (κ1) is 18.8. The van der Waals surface area contributed by atoms with Crippen LogP contribution in [0.15, 0.2) is 24.3 Å². The molecule has 2 rings (SSSR count). The third-order valence-corrected chi connectivity index (χ3v) is 4.15. The van der Waals surface area contributed by atoms with Crippen molar-refractivity contribution in [2.24, 2.45) is 0 Å². The summed E-state index contributed by atoms with van der Waals surface area (Å²) in [6.45, 7) is 1.88. The number of aliphatic carboxylic acids is 1. The molecule has 0 unspecified atom stereocenters. The predicted octanol–water partition coefficient (Wildman–Crippen LogP) is 2.37. The smallest absolute Gasteiger partial charge is 0.321 e. The molecule has 1 saturated heterocycles. The number of anilines is 1. The third-order valence-electron chi connectivity index (χ3n) is 4.15. The quantitative estimate of drug-likeness (QED) is 0.566. The Balaban J connectivity index is 1.64. The van der Waals surface area contributed by atoms with Crippen molar-refractivity contribution < 1.29 is 19.5 Å². The summed E-state index contributed by atoms with van der Waals surface area (Å²) in [6, 6.07) is 6.90. The zero-order valence-electron chi connectivity index (χ0n) is 14.3. The van der Waals surface area contributed by atoms with Gasteiger partial charge in [-0.05, 0) is 37.1 Å². The van der Waals surface area contributed by atoms with Crippen LogP contribution in [0.25, 0.3) is 0 Å². The van der Waals surface area contributed by atoms with Gasteiger partial charge in [-0.25, -0.2) is 4.79 Å². The van der Waals surface area contributed by atoms with Crippen LogP contribution >= 0.6 is 0 Å². The second-order valence-electron chi connectivity index (χ2n) is 6.10. The summed E-state index contributed by atoms with van der Waals surface area (Å²) in [4.78, 5) is 35.7. The number of hydrogen-bond acceptors (Lipinski definition) is 3. The second-order valence-corrected chi connectivity index (χ2v) is 6.10. The van der Waals surface area contributed by atoms with Crippen LogP contribution in [0.2, 0.25) is 0 Å². The van der Waals surface area contributed by atoms with E-state index in [-0.39, 0.29) is 18.4 Å². The van der Waals surface area contributed by atoms with Gasteiger partial charge in [0, 0.05) is 37.3 Å². The average molecular weight is 347 g/mol. The Labute approximate surface area is 147 Å². The van der Waals surface area contributed by atoms with Gasteiger partial charge in [0.1, 0.15) is 0 Å². The van der Waals surface area contributed by atoms with E-state index in [0.717, 1.165) is 31.4 Å². The average Bonchev–Trinajstić information content (AvgIpc) is 3.03. The van der Waals surface area contributed by atoms with E-state index in [2.05, 4.69) is 10.6 Å². The van der Waals surface area contributed by atoms with Gasteiger partial charge >= 0.3 is 12.0 Å². The standard InChI is InChI=1S/C18H25N3O4/c22-16(23)6-4-2-1-3-5-11-19-17(24)14-7-9-15(10-8-14)21-13-12-20-18(21)25/h7-10H,1-6,11-13H2,(H,19,24)(H,20,25)(H,22,23). The number of carboxylic acids is 1. The van der Waals surface area contributed by atoms with Crippen LogP contribution in [0.3, 0.4) is 0 Å². The van der Waals surface area contributed by atoms with Gasteiger partial charge in [-0.3, -0.25) is 14.5 Å². The zero-order chi connectivity index (χ0) is 18.1. The molecule has 7 nitrogen and oxygen atoms in total. The second kappa shape index (κ2) is 9.66. The largest absolute Gasteiger partial charge is 0.481 e. The summed E-state index contributed by atoms with van der Waals surface area (Å²) in [5.41, 5.74) is 1.36. The van der Waals surface area contributed by atoms with E-state index >= 15 is 0 Å². The van der Waals surface area contributed by atoms with Crippen LogP contribution in [0.5, 0.6) is 0 Å². The summed E-state index contributed by atoms with van der Waals surface area (Å²) in [6.07, 6.45) is 4.68. The SMILES string of the molecule is O=C(O)CCCCCCCNC(=O)c1ccc(N2CCNC2=O)cc1. The molecule has 0 atom stereocenters. The Morgan fingerprint density at radius 2 is 1.76 bits per heavy atom. The molecule has 25 heavy (non-hydrogen) atoms. The molecule has 1 aromatic rings. The number of nitrogens with one attached hydrogen (secondary N) is 2. The molecule has 1 aromatic carbocycles. The number of unbranched alkanes of at least 4 members (excludes halogenated alkanes) is 4. The van der Waals surface area contributed by atoms with E-state index in [1.54, 1.807) is 29.2 Å². The van der Waals surface area contributed by atoms with E-state index in [9.17, 15) is 14.4 Å². The molecule has 1 heterocycles. The Hall–Kier alpha value is -2.57. The highest BCUT2D eigenvalue weighted by Crippen LogP contribution is 2.17. The van der Waals surface area contributed by atoms with E-state index in [4.69, 9.17) is 5.11 Å². The molecule has 1 aliphatic heterocycles. The number of carboxylic acid groups (broad SMARTS) is 1. The molecule has 0 aliphatic carbocycles. The van der Waals surface area contributed by atoms with Crippen molar-refractivity contribution in [1.82, 2.24) is 10.6 Å². The van der Waals surface area contributed by atoms with Crippen molar-refractivity contribution >= 4 is 23.6 Å². The minimum atomic E-state index is -0.747. The lowest BCUT2D eigenvalue weighted by Crippen LogP contribution is -2.28. The van der Waals surface area contributed by atoms with Crippen molar-refractivity contribution in [2.75, 3.05) is 24.5 Å². The lowest BCUT2D eigenvalue weighted by atomic mass is 10.1. The first-order valence-corrected chi connectivity index (χ1v) is 8.73. The number of nitrogens with zero attached hydrogens (tertiary/aromatic N) is 1. The zero-order valence-corrected chi connectivity index (χ0v) is 14.3. The van der Waals surface area contributed by atoms with Gasteiger partial charge in [0.05, 0.1) is 0 Å². The number of carbonyl (C=O) groups excluding carboxylic acids is 2. The van der Waals surface area contributed by atoms with Crippen LogP contribution in [0.4, 0.5) is 10.5 Å². The molecular formula is C18H25N3O4. The number of amides is 3. The molecule has 3 amide bonds. The number of hydrogen-bond donors (Lipinski definition) is 3. The molecule has 7 heteroatoms. The summed E-state index contributed by atoms with van der Waals surface area (Å²) in [5, 5.41) is 14.2. The molecule has 1 fully saturated rings. The summed E-state index contributed by atoms with van der Waals surface area (Å²) in [5.74, 6) is -0.869. The first-order chi connectivity index (χ1) is 12.1. The highest BCUT2D eigenvalue weighted by Gasteiger charge is 2.21. The van der Waals surface area contributed by atoms with Crippen LogP contribution in [0.1, 0.15) is 48.9 Å². The molecule has 3 N–H and O–H groups in total.